The lowest BCUT2D eigenvalue weighted by molar-refractivity contribution is 0.305. The number of nitrogens with two attached hydrogens (primary N) is 1. The minimum atomic E-state index is 0.521. The van der Waals surface area contributed by atoms with Gasteiger partial charge in [0.05, 0.1) is 5.52 Å². The second kappa shape index (κ2) is 5.68. The van der Waals surface area contributed by atoms with Gasteiger partial charge in [-0.05, 0) is 67.8 Å². The first kappa shape index (κ1) is 14.4. The molecule has 0 bridgehead atoms. The summed E-state index contributed by atoms with van der Waals surface area (Å²) in [5, 5.41) is 1.09. The number of hydrogen-bond donors (Lipinski definition) is 1. The summed E-state index contributed by atoms with van der Waals surface area (Å²) in [6.07, 6.45) is 0. The number of hydrogen-bond acceptors (Lipinski definition) is 3. The van der Waals surface area contributed by atoms with Gasteiger partial charge in [-0.25, -0.2) is 0 Å². The fourth-order valence-corrected chi connectivity index (χ4v) is 2.58. The summed E-state index contributed by atoms with van der Waals surface area (Å²) in [5.74, 6) is 0.847. The van der Waals surface area contributed by atoms with Crippen LogP contribution in [0.3, 0.4) is 0 Å². The maximum Gasteiger partial charge on any atom is 0.120 e. The van der Waals surface area contributed by atoms with Crippen molar-refractivity contribution in [1.82, 2.24) is 4.98 Å². The van der Waals surface area contributed by atoms with Crippen LogP contribution in [0.2, 0.25) is 0 Å². The summed E-state index contributed by atoms with van der Waals surface area (Å²) >= 11 is 0. The summed E-state index contributed by atoms with van der Waals surface area (Å²) in [7, 11) is 0. The third kappa shape index (κ3) is 2.75. The molecule has 0 amide bonds. The molecule has 3 aromatic rings. The lowest BCUT2D eigenvalue weighted by Crippen LogP contribution is -2.03. The Morgan fingerprint density at radius 1 is 1.00 bits per heavy atom. The van der Waals surface area contributed by atoms with E-state index in [-0.39, 0.29) is 0 Å². The number of anilines is 1. The first-order valence-corrected chi connectivity index (χ1v) is 7.39. The standard InChI is InChI=1S/C19H20N2O/c1-12-4-8-18(20)14(3)17(12)11-22-16-7-9-19-15(10-16)6-5-13(2)21-19/h4-10H,11,20H2,1-3H3. The van der Waals surface area contributed by atoms with Crippen LogP contribution in [-0.2, 0) is 6.61 Å². The van der Waals surface area contributed by atoms with Crippen LogP contribution >= 0.6 is 0 Å². The van der Waals surface area contributed by atoms with Gasteiger partial charge in [-0.2, -0.15) is 0 Å². The first-order chi connectivity index (χ1) is 10.5. The van der Waals surface area contributed by atoms with E-state index in [1.54, 1.807) is 0 Å². The summed E-state index contributed by atoms with van der Waals surface area (Å²) in [4.78, 5) is 4.50. The zero-order chi connectivity index (χ0) is 15.7. The third-order valence-corrected chi connectivity index (χ3v) is 4.06. The lowest BCUT2D eigenvalue weighted by Gasteiger charge is -2.13. The SMILES string of the molecule is Cc1ccc2cc(OCc3c(C)ccc(N)c3C)ccc2n1. The molecule has 22 heavy (non-hydrogen) atoms. The zero-order valence-corrected chi connectivity index (χ0v) is 13.2. The summed E-state index contributed by atoms with van der Waals surface area (Å²) in [5.41, 5.74) is 12.3. The van der Waals surface area contributed by atoms with E-state index < -0.39 is 0 Å². The van der Waals surface area contributed by atoms with Crippen molar-refractivity contribution in [3.63, 3.8) is 0 Å². The molecule has 0 radical (unpaired) electrons. The zero-order valence-electron chi connectivity index (χ0n) is 13.2. The van der Waals surface area contributed by atoms with Crippen LogP contribution in [0.1, 0.15) is 22.4 Å². The van der Waals surface area contributed by atoms with E-state index >= 15 is 0 Å². The van der Waals surface area contributed by atoms with Crippen LogP contribution in [0, 0.1) is 20.8 Å². The van der Waals surface area contributed by atoms with E-state index in [4.69, 9.17) is 10.5 Å². The number of nitrogens with zero attached hydrogens (tertiary/aromatic N) is 1. The summed E-state index contributed by atoms with van der Waals surface area (Å²) in [6, 6.07) is 14.0. The van der Waals surface area contributed by atoms with E-state index in [2.05, 4.69) is 18.0 Å². The van der Waals surface area contributed by atoms with Gasteiger partial charge in [0.1, 0.15) is 12.4 Å². The van der Waals surface area contributed by atoms with Crippen molar-refractivity contribution >= 4 is 16.6 Å². The highest BCUT2D eigenvalue weighted by Crippen LogP contribution is 2.24. The smallest absolute Gasteiger partial charge is 0.120 e. The quantitative estimate of drug-likeness (QED) is 0.731. The first-order valence-electron chi connectivity index (χ1n) is 7.39. The van der Waals surface area contributed by atoms with Crippen molar-refractivity contribution in [3.8, 4) is 5.75 Å². The van der Waals surface area contributed by atoms with Crippen molar-refractivity contribution in [2.45, 2.75) is 27.4 Å². The predicted molar refractivity (Wildman–Crippen MR) is 91.1 cm³/mol. The second-order valence-corrected chi connectivity index (χ2v) is 5.67. The average Bonchev–Trinajstić information content (AvgIpc) is 2.51. The molecule has 112 valence electrons. The van der Waals surface area contributed by atoms with Crippen LogP contribution in [-0.4, -0.2) is 4.98 Å². The maximum absolute atomic E-state index is 5.98. The fourth-order valence-electron chi connectivity index (χ4n) is 2.58. The Hall–Kier alpha value is -2.55. The van der Waals surface area contributed by atoms with E-state index in [1.807, 2.05) is 50.2 Å². The molecule has 0 spiro atoms. The van der Waals surface area contributed by atoms with Gasteiger partial charge in [0.2, 0.25) is 0 Å². The van der Waals surface area contributed by atoms with Crippen molar-refractivity contribution < 1.29 is 4.74 Å². The highest BCUT2D eigenvalue weighted by Gasteiger charge is 2.07. The minimum Gasteiger partial charge on any atom is -0.489 e. The maximum atomic E-state index is 5.98. The van der Waals surface area contributed by atoms with Crippen LogP contribution in [0.5, 0.6) is 5.75 Å². The predicted octanol–water partition coefficient (Wildman–Crippen LogP) is 4.32. The van der Waals surface area contributed by atoms with Gasteiger partial charge in [-0.3, -0.25) is 4.98 Å². The Morgan fingerprint density at radius 3 is 2.64 bits per heavy atom. The second-order valence-electron chi connectivity index (χ2n) is 5.67. The van der Waals surface area contributed by atoms with Crippen LogP contribution < -0.4 is 10.5 Å². The number of aromatic nitrogens is 1. The molecular weight excluding hydrogens is 272 g/mol. The molecule has 0 unspecified atom stereocenters. The molecule has 3 rings (SSSR count). The molecule has 2 N–H and O–H groups in total. The molecule has 3 nitrogen and oxygen atoms in total. The molecule has 0 aliphatic rings. The van der Waals surface area contributed by atoms with Gasteiger partial charge >= 0.3 is 0 Å². The largest absolute Gasteiger partial charge is 0.489 e. The molecule has 0 saturated carbocycles. The molecule has 0 saturated heterocycles. The Bertz CT molecular complexity index is 840. The van der Waals surface area contributed by atoms with Crippen LogP contribution in [0.15, 0.2) is 42.5 Å². The number of rotatable bonds is 3. The minimum absolute atomic E-state index is 0.521. The van der Waals surface area contributed by atoms with Crippen molar-refractivity contribution in [3.05, 3.63) is 64.8 Å². The number of ether oxygens (including phenoxy) is 1. The van der Waals surface area contributed by atoms with Crippen LogP contribution in [0.4, 0.5) is 5.69 Å². The Labute approximate surface area is 130 Å². The molecule has 0 aliphatic carbocycles. The summed E-state index contributed by atoms with van der Waals surface area (Å²) in [6.45, 7) is 6.63. The molecule has 0 aliphatic heterocycles. The molecule has 1 aromatic heterocycles. The van der Waals surface area contributed by atoms with E-state index in [0.717, 1.165) is 39.2 Å². The molecule has 0 fully saturated rings. The summed E-state index contributed by atoms with van der Waals surface area (Å²) < 4.78 is 5.96. The van der Waals surface area contributed by atoms with E-state index in [0.29, 0.717) is 6.61 Å². The van der Waals surface area contributed by atoms with E-state index in [9.17, 15) is 0 Å². The van der Waals surface area contributed by atoms with Crippen LogP contribution in [0.25, 0.3) is 10.9 Å². The van der Waals surface area contributed by atoms with Crippen molar-refractivity contribution in [2.24, 2.45) is 0 Å². The average molecular weight is 292 g/mol. The Kier molecular flexibility index (Phi) is 3.72. The Morgan fingerprint density at radius 2 is 1.82 bits per heavy atom. The monoisotopic (exact) mass is 292 g/mol. The van der Waals surface area contributed by atoms with Gasteiger partial charge in [0, 0.05) is 16.8 Å². The highest BCUT2D eigenvalue weighted by atomic mass is 16.5. The van der Waals surface area contributed by atoms with Gasteiger partial charge in [0.25, 0.3) is 0 Å². The lowest BCUT2D eigenvalue weighted by atomic mass is 10.0. The number of pyridine rings is 1. The third-order valence-electron chi connectivity index (χ3n) is 4.06. The Balaban J connectivity index is 1.85. The number of benzene rings is 2. The number of nitrogen functional groups attached to an aromatic ring is 1. The molecule has 2 aromatic carbocycles. The molecule has 1 heterocycles. The fraction of sp³-hybridized carbons (Fsp3) is 0.211. The van der Waals surface area contributed by atoms with Gasteiger partial charge in [-0.15, -0.1) is 0 Å². The van der Waals surface area contributed by atoms with E-state index in [1.165, 1.54) is 5.56 Å². The number of aryl methyl sites for hydroxylation is 2. The number of fused-ring (bicyclic) bond motifs is 1. The molecule has 0 atom stereocenters. The highest BCUT2D eigenvalue weighted by molar-refractivity contribution is 5.80. The van der Waals surface area contributed by atoms with Gasteiger partial charge < -0.3 is 10.5 Å². The van der Waals surface area contributed by atoms with Crippen molar-refractivity contribution in [2.75, 3.05) is 5.73 Å². The molecule has 3 heteroatoms. The normalized spacial score (nSPS) is 10.9. The topological polar surface area (TPSA) is 48.1 Å². The van der Waals surface area contributed by atoms with Gasteiger partial charge in [-0.1, -0.05) is 12.1 Å². The molecular formula is C19H20N2O. The van der Waals surface area contributed by atoms with Gasteiger partial charge in [0.15, 0.2) is 0 Å². The van der Waals surface area contributed by atoms with Crippen molar-refractivity contribution in [1.29, 1.82) is 0 Å².